The zero-order valence-electron chi connectivity index (χ0n) is 9.25. The van der Waals surface area contributed by atoms with E-state index in [2.05, 4.69) is 4.98 Å². The molecule has 1 N–H and O–H groups in total. The molecule has 0 amide bonds. The molecule has 0 aliphatic rings. The van der Waals surface area contributed by atoms with Crippen molar-refractivity contribution in [1.29, 1.82) is 0 Å². The lowest BCUT2D eigenvalue weighted by molar-refractivity contribution is 0.147. The van der Waals surface area contributed by atoms with Gasteiger partial charge in [-0.2, -0.15) is 0 Å². The van der Waals surface area contributed by atoms with Gasteiger partial charge < -0.3 is 5.11 Å². The number of aliphatic hydroxyl groups is 1. The van der Waals surface area contributed by atoms with Crippen molar-refractivity contribution in [1.82, 2.24) is 4.98 Å². The third-order valence-corrected chi connectivity index (χ3v) is 2.79. The minimum absolute atomic E-state index is 0.0519. The van der Waals surface area contributed by atoms with Crippen LogP contribution in [0.1, 0.15) is 30.2 Å². The van der Waals surface area contributed by atoms with Crippen LogP contribution in [0.25, 0.3) is 0 Å². The summed E-state index contributed by atoms with van der Waals surface area (Å²) in [6.45, 7) is 2.01. The number of rotatable bonds is 3. The molecule has 2 aromatic rings. The molecule has 0 radical (unpaired) electrons. The van der Waals surface area contributed by atoms with Gasteiger partial charge >= 0.3 is 0 Å². The quantitative estimate of drug-likeness (QED) is 0.850. The summed E-state index contributed by atoms with van der Waals surface area (Å²) >= 11 is 0. The van der Waals surface area contributed by atoms with Gasteiger partial charge in [0.2, 0.25) is 0 Å². The highest BCUT2D eigenvalue weighted by molar-refractivity contribution is 5.22. The van der Waals surface area contributed by atoms with E-state index in [9.17, 15) is 5.11 Å². The Hall–Kier alpha value is -1.67. The fraction of sp³-hybridized carbons (Fsp3) is 0.214. The van der Waals surface area contributed by atoms with E-state index in [1.165, 1.54) is 0 Å². The molecular formula is C14H15NO. The van der Waals surface area contributed by atoms with Crippen LogP contribution in [0.5, 0.6) is 0 Å². The Bertz CT molecular complexity index is 384. The molecule has 1 aromatic carbocycles. The van der Waals surface area contributed by atoms with Crippen LogP contribution in [0, 0.1) is 0 Å². The lowest BCUT2D eigenvalue weighted by Crippen LogP contribution is -2.08. The zero-order chi connectivity index (χ0) is 11.4. The van der Waals surface area contributed by atoms with Gasteiger partial charge in [-0.05, 0) is 17.7 Å². The number of aliphatic hydroxyl groups excluding tert-OH is 1. The predicted molar refractivity (Wildman–Crippen MR) is 64.1 cm³/mol. The molecule has 2 rings (SSSR count). The van der Waals surface area contributed by atoms with Crippen molar-refractivity contribution in [3.8, 4) is 0 Å². The fourth-order valence-corrected chi connectivity index (χ4v) is 1.75. The minimum atomic E-state index is -0.552. The summed E-state index contributed by atoms with van der Waals surface area (Å²) < 4.78 is 0. The summed E-state index contributed by atoms with van der Waals surface area (Å²) in [4.78, 5) is 4.18. The van der Waals surface area contributed by atoms with E-state index in [-0.39, 0.29) is 5.92 Å². The number of aromatic nitrogens is 1. The SMILES string of the molecule is CC(c1ccccc1)C(O)c1ccccn1. The number of hydrogen-bond acceptors (Lipinski definition) is 2. The van der Waals surface area contributed by atoms with E-state index in [1.54, 1.807) is 6.20 Å². The molecule has 0 spiro atoms. The monoisotopic (exact) mass is 213 g/mol. The Morgan fingerprint density at radius 2 is 1.69 bits per heavy atom. The summed E-state index contributed by atoms with van der Waals surface area (Å²) in [7, 11) is 0. The summed E-state index contributed by atoms with van der Waals surface area (Å²) in [5, 5.41) is 10.2. The topological polar surface area (TPSA) is 33.1 Å². The second-order valence-electron chi connectivity index (χ2n) is 3.90. The summed E-state index contributed by atoms with van der Waals surface area (Å²) in [5.74, 6) is 0.0519. The van der Waals surface area contributed by atoms with Crippen molar-refractivity contribution < 1.29 is 5.11 Å². The largest absolute Gasteiger partial charge is 0.386 e. The maximum atomic E-state index is 10.2. The van der Waals surface area contributed by atoms with Gasteiger partial charge in [0, 0.05) is 12.1 Å². The van der Waals surface area contributed by atoms with Gasteiger partial charge in [0.1, 0.15) is 6.10 Å². The van der Waals surface area contributed by atoms with E-state index in [0.717, 1.165) is 11.3 Å². The lowest BCUT2D eigenvalue weighted by Gasteiger charge is -2.18. The molecule has 0 aliphatic heterocycles. The average molecular weight is 213 g/mol. The van der Waals surface area contributed by atoms with Crippen molar-refractivity contribution in [3.63, 3.8) is 0 Å². The third kappa shape index (κ3) is 2.28. The molecule has 1 heterocycles. The highest BCUT2D eigenvalue weighted by atomic mass is 16.3. The molecule has 0 fully saturated rings. The first-order chi connectivity index (χ1) is 7.79. The third-order valence-electron chi connectivity index (χ3n) is 2.79. The van der Waals surface area contributed by atoms with Crippen LogP contribution in [-0.2, 0) is 0 Å². The molecule has 2 heteroatoms. The maximum absolute atomic E-state index is 10.2. The van der Waals surface area contributed by atoms with E-state index < -0.39 is 6.10 Å². The molecule has 16 heavy (non-hydrogen) atoms. The van der Waals surface area contributed by atoms with Crippen LogP contribution in [-0.4, -0.2) is 10.1 Å². The van der Waals surface area contributed by atoms with E-state index >= 15 is 0 Å². The van der Waals surface area contributed by atoms with Gasteiger partial charge in [0.15, 0.2) is 0 Å². The minimum Gasteiger partial charge on any atom is -0.386 e. The lowest BCUT2D eigenvalue weighted by atomic mass is 9.93. The smallest absolute Gasteiger partial charge is 0.102 e. The molecule has 0 aliphatic carbocycles. The Balaban J connectivity index is 2.20. The Kier molecular flexibility index (Phi) is 3.32. The first kappa shape index (κ1) is 10.8. The van der Waals surface area contributed by atoms with Gasteiger partial charge in [-0.15, -0.1) is 0 Å². The van der Waals surface area contributed by atoms with Gasteiger partial charge in [-0.3, -0.25) is 4.98 Å². The van der Waals surface area contributed by atoms with Crippen LogP contribution < -0.4 is 0 Å². The molecule has 2 atom stereocenters. The van der Waals surface area contributed by atoms with Gasteiger partial charge in [-0.25, -0.2) is 0 Å². The van der Waals surface area contributed by atoms with Crippen LogP contribution >= 0.6 is 0 Å². The first-order valence-corrected chi connectivity index (χ1v) is 5.43. The number of hydrogen-bond donors (Lipinski definition) is 1. The molecule has 2 unspecified atom stereocenters. The normalized spacial score (nSPS) is 14.4. The predicted octanol–water partition coefficient (Wildman–Crippen LogP) is 2.92. The highest BCUT2D eigenvalue weighted by Crippen LogP contribution is 2.28. The van der Waals surface area contributed by atoms with Crippen LogP contribution in [0.15, 0.2) is 54.7 Å². The van der Waals surface area contributed by atoms with Crippen molar-refractivity contribution in [3.05, 3.63) is 66.0 Å². The van der Waals surface area contributed by atoms with E-state index in [1.807, 2.05) is 55.5 Å². The van der Waals surface area contributed by atoms with Gasteiger partial charge in [-0.1, -0.05) is 43.3 Å². The molecule has 82 valence electrons. The second kappa shape index (κ2) is 4.90. The Morgan fingerprint density at radius 1 is 1.00 bits per heavy atom. The number of nitrogens with zero attached hydrogens (tertiary/aromatic N) is 1. The molecule has 0 saturated heterocycles. The number of pyridine rings is 1. The number of benzene rings is 1. The standard InChI is InChI=1S/C14H15NO/c1-11(12-7-3-2-4-8-12)14(16)13-9-5-6-10-15-13/h2-11,14,16H,1H3. The summed E-state index contributed by atoms with van der Waals surface area (Å²) in [5.41, 5.74) is 1.85. The Labute approximate surface area is 95.6 Å². The molecular weight excluding hydrogens is 198 g/mol. The summed E-state index contributed by atoms with van der Waals surface area (Å²) in [6, 6.07) is 15.6. The zero-order valence-corrected chi connectivity index (χ0v) is 9.25. The van der Waals surface area contributed by atoms with Crippen LogP contribution in [0.2, 0.25) is 0 Å². The van der Waals surface area contributed by atoms with Gasteiger partial charge in [0.05, 0.1) is 5.69 Å². The van der Waals surface area contributed by atoms with Crippen LogP contribution in [0.3, 0.4) is 0 Å². The van der Waals surface area contributed by atoms with Crippen molar-refractivity contribution in [2.45, 2.75) is 18.9 Å². The van der Waals surface area contributed by atoms with E-state index in [4.69, 9.17) is 0 Å². The van der Waals surface area contributed by atoms with E-state index in [0.29, 0.717) is 0 Å². The van der Waals surface area contributed by atoms with Gasteiger partial charge in [0.25, 0.3) is 0 Å². The first-order valence-electron chi connectivity index (χ1n) is 5.43. The molecule has 1 aromatic heterocycles. The highest BCUT2D eigenvalue weighted by Gasteiger charge is 2.18. The molecule has 0 bridgehead atoms. The van der Waals surface area contributed by atoms with Crippen molar-refractivity contribution >= 4 is 0 Å². The summed E-state index contributed by atoms with van der Waals surface area (Å²) in [6.07, 6.45) is 1.15. The van der Waals surface area contributed by atoms with Crippen molar-refractivity contribution in [2.75, 3.05) is 0 Å². The fourth-order valence-electron chi connectivity index (χ4n) is 1.75. The molecule has 2 nitrogen and oxygen atoms in total. The maximum Gasteiger partial charge on any atom is 0.102 e. The average Bonchev–Trinajstić information content (AvgIpc) is 2.39. The molecule has 0 saturated carbocycles. The van der Waals surface area contributed by atoms with Crippen LogP contribution in [0.4, 0.5) is 0 Å². The Morgan fingerprint density at radius 3 is 2.31 bits per heavy atom. The van der Waals surface area contributed by atoms with Crippen molar-refractivity contribution in [2.24, 2.45) is 0 Å². The second-order valence-corrected chi connectivity index (χ2v) is 3.90.